The molecular formula is C18H18FN3O2S. The molecule has 0 aliphatic rings. The molecule has 130 valence electrons. The van der Waals surface area contributed by atoms with Gasteiger partial charge in [0.2, 0.25) is 5.56 Å². The fraction of sp³-hybridized carbons (Fsp3) is 0.278. The number of benzene rings is 1. The van der Waals surface area contributed by atoms with Crippen molar-refractivity contribution in [3.8, 4) is 0 Å². The fourth-order valence-corrected chi connectivity index (χ4v) is 3.70. The summed E-state index contributed by atoms with van der Waals surface area (Å²) in [5.74, 6) is -0.846. The summed E-state index contributed by atoms with van der Waals surface area (Å²) < 4.78 is 13.4. The van der Waals surface area contributed by atoms with E-state index in [2.05, 4.69) is 15.3 Å². The van der Waals surface area contributed by atoms with Gasteiger partial charge in [0.1, 0.15) is 10.8 Å². The molecule has 2 N–H and O–H groups in total. The zero-order chi connectivity index (χ0) is 18.1. The van der Waals surface area contributed by atoms with Crippen LogP contribution in [0.1, 0.15) is 45.3 Å². The van der Waals surface area contributed by atoms with Gasteiger partial charge in [-0.25, -0.2) is 9.37 Å². The lowest BCUT2D eigenvalue weighted by Crippen LogP contribution is -2.29. The van der Waals surface area contributed by atoms with Crippen LogP contribution in [0.4, 0.5) is 4.39 Å². The van der Waals surface area contributed by atoms with Crippen molar-refractivity contribution in [1.82, 2.24) is 15.3 Å². The zero-order valence-corrected chi connectivity index (χ0v) is 15.0. The molecule has 0 bridgehead atoms. The van der Waals surface area contributed by atoms with E-state index in [9.17, 15) is 14.0 Å². The SMILES string of the molecule is CC[C@H](NC(=O)c1cc(=O)[nH]c2cc(F)ccc12)c1nc(C)c(C)s1. The van der Waals surface area contributed by atoms with Crippen LogP contribution in [0, 0.1) is 19.7 Å². The largest absolute Gasteiger partial charge is 0.343 e. The molecule has 0 radical (unpaired) electrons. The highest BCUT2D eigenvalue weighted by Gasteiger charge is 2.20. The Bertz CT molecular complexity index is 990. The minimum absolute atomic E-state index is 0.224. The molecule has 0 aliphatic carbocycles. The maximum Gasteiger partial charge on any atom is 0.252 e. The van der Waals surface area contributed by atoms with E-state index in [1.807, 2.05) is 20.8 Å². The van der Waals surface area contributed by atoms with Gasteiger partial charge in [-0.3, -0.25) is 9.59 Å². The number of aromatic amines is 1. The summed E-state index contributed by atoms with van der Waals surface area (Å²) in [6, 6.07) is 4.97. The Morgan fingerprint density at radius 2 is 2.12 bits per heavy atom. The highest BCUT2D eigenvalue weighted by atomic mass is 32.1. The fourth-order valence-electron chi connectivity index (χ4n) is 2.64. The number of rotatable bonds is 4. The Kier molecular flexibility index (Phi) is 4.67. The maximum absolute atomic E-state index is 13.4. The van der Waals surface area contributed by atoms with Gasteiger partial charge in [-0.2, -0.15) is 0 Å². The molecule has 1 amide bonds. The van der Waals surface area contributed by atoms with Crippen molar-refractivity contribution in [3.05, 3.63) is 61.6 Å². The van der Waals surface area contributed by atoms with Gasteiger partial charge in [0.05, 0.1) is 22.8 Å². The molecule has 3 rings (SSSR count). The zero-order valence-electron chi connectivity index (χ0n) is 14.1. The first kappa shape index (κ1) is 17.3. The molecule has 0 saturated heterocycles. The monoisotopic (exact) mass is 359 g/mol. The van der Waals surface area contributed by atoms with Crippen LogP contribution < -0.4 is 10.9 Å². The number of amides is 1. The van der Waals surface area contributed by atoms with E-state index in [0.717, 1.165) is 15.6 Å². The molecule has 3 aromatic rings. The lowest BCUT2D eigenvalue weighted by molar-refractivity contribution is 0.0937. The second-order valence-electron chi connectivity index (χ2n) is 5.87. The summed E-state index contributed by atoms with van der Waals surface area (Å²) in [6.45, 7) is 5.88. The van der Waals surface area contributed by atoms with Crippen LogP contribution in [0.5, 0.6) is 0 Å². The minimum atomic E-state index is -0.471. The molecule has 0 unspecified atom stereocenters. The highest BCUT2D eigenvalue weighted by molar-refractivity contribution is 7.11. The first-order valence-electron chi connectivity index (χ1n) is 7.96. The third-order valence-corrected chi connectivity index (χ3v) is 5.29. The van der Waals surface area contributed by atoms with Crippen molar-refractivity contribution >= 4 is 28.1 Å². The van der Waals surface area contributed by atoms with E-state index < -0.39 is 11.4 Å². The second-order valence-corrected chi connectivity index (χ2v) is 7.10. The molecule has 7 heteroatoms. The van der Waals surface area contributed by atoms with Crippen molar-refractivity contribution in [2.24, 2.45) is 0 Å². The normalized spacial score (nSPS) is 12.3. The molecule has 0 aliphatic heterocycles. The first-order chi connectivity index (χ1) is 11.9. The summed E-state index contributed by atoms with van der Waals surface area (Å²) in [6.07, 6.45) is 0.674. The van der Waals surface area contributed by atoms with Gasteiger partial charge in [0.15, 0.2) is 0 Å². The molecule has 2 heterocycles. The van der Waals surface area contributed by atoms with Gasteiger partial charge in [0, 0.05) is 16.3 Å². The summed E-state index contributed by atoms with van der Waals surface area (Å²) in [7, 11) is 0. The van der Waals surface area contributed by atoms with Gasteiger partial charge in [0.25, 0.3) is 5.91 Å². The number of aryl methyl sites for hydroxylation is 2. The van der Waals surface area contributed by atoms with E-state index >= 15 is 0 Å². The first-order valence-corrected chi connectivity index (χ1v) is 8.78. The molecular weight excluding hydrogens is 341 g/mol. The van der Waals surface area contributed by atoms with E-state index in [1.54, 1.807) is 11.3 Å². The Labute approximate surface area is 147 Å². The predicted octanol–water partition coefficient (Wildman–Crippen LogP) is 3.62. The number of hydrogen-bond acceptors (Lipinski definition) is 4. The lowest BCUT2D eigenvalue weighted by atomic mass is 10.1. The predicted molar refractivity (Wildman–Crippen MR) is 96.6 cm³/mol. The summed E-state index contributed by atoms with van der Waals surface area (Å²) in [5, 5.41) is 4.28. The average Bonchev–Trinajstić information content (AvgIpc) is 2.90. The molecule has 1 aromatic carbocycles. The quantitative estimate of drug-likeness (QED) is 0.747. The van der Waals surface area contributed by atoms with E-state index in [0.29, 0.717) is 17.3 Å². The topological polar surface area (TPSA) is 74.8 Å². The van der Waals surface area contributed by atoms with Crippen molar-refractivity contribution in [3.63, 3.8) is 0 Å². The van der Waals surface area contributed by atoms with Gasteiger partial charge < -0.3 is 10.3 Å². The van der Waals surface area contributed by atoms with Crippen LogP contribution in [0.15, 0.2) is 29.1 Å². The van der Waals surface area contributed by atoms with E-state index in [4.69, 9.17) is 0 Å². The van der Waals surface area contributed by atoms with Crippen molar-refractivity contribution in [1.29, 1.82) is 0 Å². The number of pyridine rings is 1. The number of carbonyl (C=O) groups excluding carboxylic acids is 1. The number of nitrogens with zero attached hydrogens (tertiary/aromatic N) is 1. The number of fused-ring (bicyclic) bond motifs is 1. The number of nitrogens with one attached hydrogen (secondary N) is 2. The number of halogens is 1. The number of hydrogen-bond donors (Lipinski definition) is 2. The number of thiazole rings is 1. The van der Waals surface area contributed by atoms with Crippen LogP contribution in [0.3, 0.4) is 0 Å². The molecule has 5 nitrogen and oxygen atoms in total. The Hall–Kier alpha value is -2.54. The average molecular weight is 359 g/mol. The van der Waals surface area contributed by atoms with Gasteiger partial charge in [-0.05, 0) is 38.5 Å². The molecule has 0 fully saturated rings. The third kappa shape index (κ3) is 3.46. The summed E-state index contributed by atoms with van der Waals surface area (Å²) in [4.78, 5) is 32.7. The summed E-state index contributed by atoms with van der Waals surface area (Å²) in [5.41, 5.74) is 1.02. The van der Waals surface area contributed by atoms with Crippen LogP contribution in [-0.4, -0.2) is 15.9 Å². The second kappa shape index (κ2) is 6.76. The van der Waals surface area contributed by atoms with Crippen LogP contribution >= 0.6 is 11.3 Å². The Morgan fingerprint density at radius 1 is 1.36 bits per heavy atom. The van der Waals surface area contributed by atoms with Crippen molar-refractivity contribution < 1.29 is 9.18 Å². The Morgan fingerprint density at radius 3 is 2.76 bits per heavy atom. The van der Waals surface area contributed by atoms with Gasteiger partial charge in [-0.15, -0.1) is 11.3 Å². The van der Waals surface area contributed by atoms with Crippen LogP contribution in [0.25, 0.3) is 10.9 Å². The molecule has 0 spiro atoms. The van der Waals surface area contributed by atoms with E-state index in [-0.39, 0.29) is 17.5 Å². The van der Waals surface area contributed by atoms with Crippen molar-refractivity contribution in [2.45, 2.75) is 33.2 Å². The highest BCUT2D eigenvalue weighted by Crippen LogP contribution is 2.25. The number of aromatic nitrogens is 2. The molecule has 25 heavy (non-hydrogen) atoms. The van der Waals surface area contributed by atoms with Gasteiger partial charge >= 0.3 is 0 Å². The maximum atomic E-state index is 13.4. The molecule has 2 aromatic heterocycles. The summed E-state index contributed by atoms with van der Waals surface area (Å²) >= 11 is 1.55. The van der Waals surface area contributed by atoms with Crippen LogP contribution in [-0.2, 0) is 0 Å². The number of H-pyrrole nitrogens is 1. The smallest absolute Gasteiger partial charge is 0.252 e. The third-order valence-electron chi connectivity index (χ3n) is 4.11. The van der Waals surface area contributed by atoms with Crippen LogP contribution in [0.2, 0.25) is 0 Å². The number of carbonyl (C=O) groups is 1. The molecule has 1 atom stereocenters. The van der Waals surface area contributed by atoms with E-state index in [1.165, 1.54) is 24.3 Å². The molecule has 0 saturated carbocycles. The minimum Gasteiger partial charge on any atom is -0.343 e. The lowest BCUT2D eigenvalue weighted by Gasteiger charge is -2.15. The van der Waals surface area contributed by atoms with Crippen molar-refractivity contribution in [2.75, 3.05) is 0 Å². The standard InChI is InChI=1S/C18H18FN3O2S/c1-4-14(18-20-9(2)10(3)25-18)22-17(24)13-8-16(23)21-15-7-11(19)5-6-12(13)15/h5-8,14H,4H2,1-3H3,(H,21,23)(H,22,24)/t14-/m0/s1. The van der Waals surface area contributed by atoms with Gasteiger partial charge in [-0.1, -0.05) is 6.92 Å². The Balaban J connectivity index is 1.97.